The molecule has 1 heterocycles. The number of halogens is 1. The van der Waals surface area contributed by atoms with Crippen LogP contribution < -0.4 is 0 Å². The second-order valence-electron chi connectivity index (χ2n) is 4.71. The molecular weight excluding hydrogens is 304 g/mol. The van der Waals surface area contributed by atoms with Crippen molar-refractivity contribution in [3.8, 4) is 12.3 Å². The molecule has 3 nitrogen and oxygen atoms in total. The number of carbonyl (C=O) groups is 1. The molecule has 1 aromatic carbocycles. The summed E-state index contributed by atoms with van der Waals surface area (Å²) in [6, 6.07) is 5.78. The molecule has 1 aliphatic heterocycles. The van der Waals surface area contributed by atoms with E-state index in [1.54, 1.807) is 0 Å². The van der Waals surface area contributed by atoms with Gasteiger partial charge < -0.3 is 4.90 Å². The molecule has 4 heteroatoms. The number of amides is 1. The highest BCUT2D eigenvalue weighted by atomic mass is 79.9. The number of piperazine rings is 1. The van der Waals surface area contributed by atoms with E-state index in [2.05, 4.69) is 26.8 Å². The zero-order chi connectivity index (χ0) is 13.8. The van der Waals surface area contributed by atoms with Crippen LogP contribution in [0.5, 0.6) is 0 Å². The summed E-state index contributed by atoms with van der Waals surface area (Å²) in [7, 11) is 0. The SMILES string of the molecule is C#CCN1CCN(C(=O)c2cccc(C)c2Br)CC1. The van der Waals surface area contributed by atoms with Gasteiger partial charge in [-0.2, -0.15) is 0 Å². The maximum Gasteiger partial charge on any atom is 0.255 e. The molecule has 1 amide bonds. The highest BCUT2D eigenvalue weighted by Gasteiger charge is 2.23. The maximum absolute atomic E-state index is 12.5. The van der Waals surface area contributed by atoms with E-state index in [4.69, 9.17) is 6.42 Å². The second kappa shape index (κ2) is 6.23. The number of benzene rings is 1. The molecule has 1 fully saturated rings. The molecule has 0 saturated carbocycles. The first kappa shape index (κ1) is 14.1. The van der Waals surface area contributed by atoms with Gasteiger partial charge in [0.25, 0.3) is 5.91 Å². The molecule has 0 unspecified atom stereocenters. The summed E-state index contributed by atoms with van der Waals surface area (Å²) >= 11 is 3.50. The van der Waals surface area contributed by atoms with E-state index in [-0.39, 0.29) is 5.91 Å². The lowest BCUT2D eigenvalue weighted by Gasteiger charge is -2.34. The Hall–Kier alpha value is -1.31. The van der Waals surface area contributed by atoms with Crippen LogP contribution in [0.3, 0.4) is 0 Å². The Morgan fingerprint density at radius 1 is 1.37 bits per heavy atom. The predicted octanol–water partition coefficient (Wildman–Crippen LogP) is 2.15. The number of hydrogen-bond donors (Lipinski definition) is 0. The van der Waals surface area contributed by atoms with Crippen LogP contribution in [0.25, 0.3) is 0 Å². The van der Waals surface area contributed by atoms with E-state index in [1.165, 1.54) is 0 Å². The molecule has 1 aliphatic rings. The van der Waals surface area contributed by atoms with Gasteiger partial charge in [0, 0.05) is 30.7 Å². The zero-order valence-electron chi connectivity index (χ0n) is 11.0. The van der Waals surface area contributed by atoms with Crippen molar-refractivity contribution >= 4 is 21.8 Å². The summed E-state index contributed by atoms with van der Waals surface area (Å²) in [6.07, 6.45) is 5.30. The molecule has 100 valence electrons. The minimum absolute atomic E-state index is 0.0935. The Morgan fingerprint density at radius 2 is 2.05 bits per heavy atom. The van der Waals surface area contributed by atoms with Crippen molar-refractivity contribution in [2.45, 2.75) is 6.92 Å². The fourth-order valence-electron chi connectivity index (χ4n) is 2.22. The highest BCUT2D eigenvalue weighted by molar-refractivity contribution is 9.10. The summed E-state index contributed by atoms with van der Waals surface area (Å²) in [5, 5.41) is 0. The van der Waals surface area contributed by atoms with Crippen LogP contribution >= 0.6 is 15.9 Å². The Kier molecular flexibility index (Phi) is 4.62. The molecule has 2 rings (SSSR count). The predicted molar refractivity (Wildman–Crippen MR) is 80.1 cm³/mol. The summed E-state index contributed by atoms with van der Waals surface area (Å²) in [5.41, 5.74) is 1.82. The number of aryl methyl sites for hydroxylation is 1. The van der Waals surface area contributed by atoms with Gasteiger partial charge >= 0.3 is 0 Å². The van der Waals surface area contributed by atoms with Crippen LogP contribution in [-0.4, -0.2) is 48.4 Å². The standard InChI is InChI=1S/C15H17BrN2O/c1-3-7-17-8-10-18(11-9-17)15(19)13-6-4-5-12(2)14(13)16/h1,4-6H,7-11H2,2H3. The topological polar surface area (TPSA) is 23.6 Å². The van der Waals surface area contributed by atoms with E-state index >= 15 is 0 Å². The molecule has 0 aromatic heterocycles. The van der Waals surface area contributed by atoms with Crippen LogP contribution in [-0.2, 0) is 0 Å². The van der Waals surface area contributed by atoms with Crippen molar-refractivity contribution in [1.29, 1.82) is 0 Å². The highest BCUT2D eigenvalue weighted by Crippen LogP contribution is 2.22. The smallest absolute Gasteiger partial charge is 0.255 e. The van der Waals surface area contributed by atoms with Crippen molar-refractivity contribution in [2.24, 2.45) is 0 Å². The third-order valence-electron chi connectivity index (χ3n) is 3.40. The molecule has 1 aromatic rings. The number of rotatable bonds is 2. The van der Waals surface area contributed by atoms with E-state index < -0.39 is 0 Å². The fourth-order valence-corrected chi connectivity index (χ4v) is 2.66. The molecule has 0 aliphatic carbocycles. The maximum atomic E-state index is 12.5. The van der Waals surface area contributed by atoms with Crippen LogP contribution in [0.1, 0.15) is 15.9 Å². The molecule has 0 atom stereocenters. The average molecular weight is 321 g/mol. The Bertz CT molecular complexity index is 513. The summed E-state index contributed by atoms with van der Waals surface area (Å²) < 4.78 is 0.894. The minimum atomic E-state index is 0.0935. The lowest BCUT2D eigenvalue weighted by atomic mass is 10.1. The van der Waals surface area contributed by atoms with Gasteiger partial charge in [-0.3, -0.25) is 9.69 Å². The van der Waals surface area contributed by atoms with Crippen LogP contribution in [0.15, 0.2) is 22.7 Å². The Morgan fingerprint density at radius 3 is 2.68 bits per heavy atom. The molecule has 19 heavy (non-hydrogen) atoms. The van der Waals surface area contributed by atoms with Gasteiger partial charge in [-0.25, -0.2) is 0 Å². The first-order valence-corrected chi connectivity index (χ1v) is 7.13. The van der Waals surface area contributed by atoms with E-state index in [0.29, 0.717) is 6.54 Å². The summed E-state index contributed by atoms with van der Waals surface area (Å²) in [5.74, 6) is 2.74. The number of terminal acetylenes is 1. The van der Waals surface area contributed by atoms with Crippen molar-refractivity contribution in [2.75, 3.05) is 32.7 Å². The minimum Gasteiger partial charge on any atom is -0.336 e. The number of carbonyl (C=O) groups excluding carboxylic acids is 1. The molecule has 0 spiro atoms. The monoisotopic (exact) mass is 320 g/mol. The molecular formula is C15H17BrN2O. The van der Waals surface area contributed by atoms with Gasteiger partial charge in [0.05, 0.1) is 12.1 Å². The number of hydrogen-bond acceptors (Lipinski definition) is 2. The van der Waals surface area contributed by atoms with Gasteiger partial charge in [-0.15, -0.1) is 6.42 Å². The third kappa shape index (κ3) is 3.17. The van der Waals surface area contributed by atoms with Crippen LogP contribution in [0.2, 0.25) is 0 Å². The molecule has 0 bridgehead atoms. The van der Waals surface area contributed by atoms with Gasteiger partial charge in [0.1, 0.15) is 0 Å². The summed E-state index contributed by atoms with van der Waals surface area (Å²) in [6.45, 7) is 5.82. The zero-order valence-corrected chi connectivity index (χ0v) is 12.6. The normalized spacial score (nSPS) is 16.2. The van der Waals surface area contributed by atoms with Crippen molar-refractivity contribution in [1.82, 2.24) is 9.80 Å². The lowest BCUT2D eigenvalue weighted by molar-refractivity contribution is 0.0651. The first-order chi connectivity index (χ1) is 9.13. The van der Waals surface area contributed by atoms with E-state index in [1.807, 2.05) is 30.0 Å². The van der Waals surface area contributed by atoms with Crippen molar-refractivity contribution in [3.63, 3.8) is 0 Å². The van der Waals surface area contributed by atoms with Crippen molar-refractivity contribution < 1.29 is 4.79 Å². The number of nitrogens with zero attached hydrogens (tertiary/aromatic N) is 2. The lowest BCUT2D eigenvalue weighted by Crippen LogP contribution is -2.48. The molecule has 0 radical (unpaired) electrons. The van der Waals surface area contributed by atoms with Gasteiger partial charge in [-0.05, 0) is 34.5 Å². The Labute approximate surface area is 122 Å². The van der Waals surface area contributed by atoms with Crippen molar-refractivity contribution in [3.05, 3.63) is 33.8 Å². The fraction of sp³-hybridized carbons (Fsp3) is 0.400. The quantitative estimate of drug-likeness (QED) is 0.779. The molecule has 0 N–H and O–H groups in total. The molecule has 1 saturated heterocycles. The van der Waals surface area contributed by atoms with E-state index in [9.17, 15) is 4.79 Å². The first-order valence-electron chi connectivity index (χ1n) is 6.33. The average Bonchev–Trinajstić information content (AvgIpc) is 2.42. The second-order valence-corrected chi connectivity index (χ2v) is 5.50. The van der Waals surface area contributed by atoms with Gasteiger partial charge in [0.2, 0.25) is 0 Å². The third-order valence-corrected chi connectivity index (χ3v) is 4.45. The van der Waals surface area contributed by atoms with Gasteiger partial charge in [-0.1, -0.05) is 18.1 Å². The van der Waals surface area contributed by atoms with Crippen LogP contribution in [0, 0.1) is 19.3 Å². The largest absolute Gasteiger partial charge is 0.336 e. The van der Waals surface area contributed by atoms with Gasteiger partial charge in [0.15, 0.2) is 0 Å². The van der Waals surface area contributed by atoms with E-state index in [0.717, 1.165) is 41.8 Å². The Balaban J connectivity index is 2.06. The summed E-state index contributed by atoms with van der Waals surface area (Å²) in [4.78, 5) is 16.6. The van der Waals surface area contributed by atoms with Crippen LogP contribution in [0.4, 0.5) is 0 Å².